The molecule has 1 N–H and O–H groups in total. The lowest BCUT2D eigenvalue weighted by atomic mass is 9.98. The summed E-state index contributed by atoms with van der Waals surface area (Å²) in [6.45, 7) is 2.52. The third kappa shape index (κ3) is 3.01. The van der Waals surface area contributed by atoms with Crippen molar-refractivity contribution in [2.45, 2.75) is 44.5 Å². The zero-order valence-electron chi connectivity index (χ0n) is 12.2. The van der Waals surface area contributed by atoms with Crippen LogP contribution < -0.4 is 5.32 Å². The second-order valence-electron chi connectivity index (χ2n) is 6.03. The van der Waals surface area contributed by atoms with E-state index in [1.54, 1.807) is 0 Å². The third-order valence-electron chi connectivity index (χ3n) is 4.30. The summed E-state index contributed by atoms with van der Waals surface area (Å²) in [5.74, 6) is 0. The van der Waals surface area contributed by atoms with Crippen molar-refractivity contribution in [3.63, 3.8) is 0 Å². The molecule has 0 saturated heterocycles. The van der Waals surface area contributed by atoms with Crippen molar-refractivity contribution in [3.05, 3.63) is 53.3 Å². The zero-order valence-corrected chi connectivity index (χ0v) is 12.2. The molecule has 2 heterocycles. The first-order chi connectivity index (χ1) is 10.4. The first-order valence-electron chi connectivity index (χ1n) is 7.82. The highest BCUT2D eigenvalue weighted by Gasteiger charge is 2.22. The van der Waals surface area contributed by atoms with E-state index in [4.69, 9.17) is 4.74 Å². The van der Waals surface area contributed by atoms with Gasteiger partial charge in [-0.1, -0.05) is 24.3 Å². The van der Waals surface area contributed by atoms with Gasteiger partial charge in [0.05, 0.1) is 19.3 Å². The predicted molar refractivity (Wildman–Crippen MR) is 80.9 cm³/mol. The van der Waals surface area contributed by atoms with Crippen LogP contribution in [-0.2, 0) is 24.2 Å². The molecule has 110 valence electrons. The van der Waals surface area contributed by atoms with Crippen LogP contribution in [-0.4, -0.2) is 22.4 Å². The predicted octanol–water partition coefficient (Wildman–Crippen LogP) is 2.45. The Morgan fingerprint density at radius 2 is 2.19 bits per heavy atom. The number of hydrogen-bond donors (Lipinski definition) is 1. The van der Waals surface area contributed by atoms with Crippen LogP contribution in [0.15, 0.2) is 36.7 Å². The van der Waals surface area contributed by atoms with E-state index < -0.39 is 0 Å². The Hall–Kier alpha value is -1.65. The first-order valence-corrected chi connectivity index (χ1v) is 7.82. The van der Waals surface area contributed by atoms with E-state index in [1.807, 2.05) is 10.9 Å². The topological polar surface area (TPSA) is 39.1 Å². The molecule has 1 aromatic heterocycles. The normalized spacial score (nSPS) is 21.2. The van der Waals surface area contributed by atoms with Gasteiger partial charge in [0.15, 0.2) is 0 Å². The Balaban J connectivity index is 1.44. The van der Waals surface area contributed by atoms with Gasteiger partial charge in [-0.15, -0.1) is 0 Å². The molecule has 4 heteroatoms. The second kappa shape index (κ2) is 5.62. The summed E-state index contributed by atoms with van der Waals surface area (Å²) < 4.78 is 7.96. The van der Waals surface area contributed by atoms with Crippen LogP contribution >= 0.6 is 0 Å². The standard InChI is InChI=1S/C17H21N3O/c1-2-4-16-14(3-1)7-8-21-17(16)12-20-11-13(10-19-20)9-18-15-5-6-15/h1-4,10-11,15,17-18H,5-9,12H2. The number of benzene rings is 1. The van der Waals surface area contributed by atoms with Gasteiger partial charge >= 0.3 is 0 Å². The van der Waals surface area contributed by atoms with Gasteiger partial charge in [0.2, 0.25) is 0 Å². The minimum atomic E-state index is 0.124. The quantitative estimate of drug-likeness (QED) is 0.916. The molecule has 1 fully saturated rings. The molecule has 0 radical (unpaired) electrons. The zero-order chi connectivity index (χ0) is 14.1. The lowest BCUT2D eigenvalue weighted by molar-refractivity contribution is 0.0283. The van der Waals surface area contributed by atoms with Crippen molar-refractivity contribution in [3.8, 4) is 0 Å². The van der Waals surface area contributed by atoms with Gasteiger partial charge in [-0.25, -0.2) is 0 Å². The van der Waals surface area contributed by atoms with Gasteiger partial charge in [0.1, 0.15) is 6.10 Å². The molecule has 1 atom stereocenters. The summed E-state index contributed by atoms with van der Waals surface area (Å²) in [6.07, 6.45) is 7.88. The summed E-state index contributed by atoms with van der Waals surface area (Å²) in [5.41, 5.74) is 3.99. The van der Waals surface area contributed by atoms with Crippen LogP contribution in [0, 0.1) is 0 Å². The molecule has 4 nitrogen and oxygen atoms in total. The fourth-order valence-electron chi connectivity index (χ4n) is 2.95. The fraction of sp³-hybridized carbons (Fsp3) is 0.471. The highest BCUT2D eigenvalue weighted by atomic mass is 16.5. The Morgan fingerprint density at radius 1 is 1.29 bits per heavy atom. The molecule has 0 bridgehead atoms. The van der Waals surface area contributed by atoms with Gasteiger partial charge in [-0.3, -0.25) is 4.68 Å². The molecular formula is C17H21N3O. The van der Waals surface area contributed by atoms with E-state index in [9.17, 15) is 0 Å². The number of ether oxygens (including phenoxy) is 1. The molecule has 1 aromatic carbocycles. The molecular weight excluding hydrogens is 262 g/mol. The summed E-state index contributed by atoms with van der Waals surface area (Å²) in [5, 5.41) is 8.00. The summed E-state index contributed by atoms with van der Waals surface area (Å²) in [6, 6.07) is 9.32. The maximum atomic E-state index is 5.95. The van der Waals surface area contributed by atoms with E-state index in [0.717, 1.165) is 32.2 Å². The van der Waals surface area contributed by atoms with Crippen LogP contribution in [0.2, 0.25) is 0 Å². The van der Waals surface area contributed by atoms with Gasteiger partial charge in [-0.2, -0.15) is 5.10 Å². The van der Waals surface area contributed by atoms with Crippen molar-refractivity contribution < 1.29 is 4.74 Å². The smallest absolute Gasteiger partial charge is 0.102 e. The molecule has 4 rings (SSSR count). The highest BCUT2D eigenvalue weighted by Crippen LogP contribution is 2.28. The Bertz CT molecular complexity index is 618. The first kappa shape index (κ1) is 13.0. The van der Waals surface area contributed by atoms with E-state index in [0.29, 0.717) is 0 Å². The highest BCUT2D eigenvalue weighted by molar-refractivity contribution is 5.30. The van der Waals surface area contributed by atoms with Crippen molar-refractivity contribution in [1.29, 1.82) is 0 Å². The molecule has 0 amide bonds. The lowest BCUT2D eigenvalue weighted by Gasteiger charge is -2.25. The third-order valence-corrected chi connectivity index (χ3v) is 4.30. The number of hydrogen-bond acceptors (Lipinski definition) is 3. The van der Waals surface area contributed by atoms with Gasteiger partial charge < -0.3 is 10.1 Å². The minimum absolute atomic E-state index is 0.124. The summed E-state index contributed by atoms with van der Waals surface area (Å²) >= 11 is 0. The van der Waals surface area contributed by atoms with Crippen LogP contribution in [0.25, 0.3) is 0 Å². The Morgan fingerprint density at radius 3 is 3.10 bits per heavy atom. The average molecular weight is 283 g/mol. The second-order valence-corrected chi connectivity index (χ2v) is 6.03. The fourth-order valence-corrected chi connectivity index (χ4v) is 2.95. The van der Waals surface area contributed by atoms with Gasteiger partial charge in [-0.05, 0) is 30.4 Å². The summed E-state index contributed by atoms with van der Waals surface area (Å²) in [4.78, 5) is 0. The lowest BCUT2D eigenvalue weighted by Crippen LogP contribution is -2.20. The molecule has 1 unspecified atom stereocenters. The molecule has 0 spiro atoms. The van der Waals surface area contributed by atoms with Crippen molar-refractivity contribution in [2.24, 2.45) is 0 Å². The summed E-state index contributed by atoms with van der Waals surface area (Å²) in [7, 11) is 0. The molecule has 1 saturated carbocycles. The molecule has 2 aromatic rings. The maximum Gasteiger partial charge on any atom is 0.102 e. The van der Waals surface area contributed by atoms with E-state index >= 15 is 0 Å². The minimum Gasteiger partial charge on any atom is -0.371 e. The van der Waals surface area contributed by atoms with Gasteiger partial charge in [0.25, 0.3) is 0 Å². The van der Waals surface area contributed by atoms with Crippen LogP contribution in [0.1, 0.15) is 35.6 Å². The average Bonchev–Trinajstić information content (AvgIpc) is 3.25. The number of nitrogens with zero attached hydrogens (tertiary/aromatic N) is 2. The monoisotopic (exact) mass is 283 g/mol. The maximum absolute atomic E-state index is 5.95. The number of aromatic nitrogens is 2. The van der Waals surface area contributed by atoms with Crippen LogP contribution in [0.3, 0.4) is 0 Å². The van der Waals surface area contributed by atoms with E-state index in [-0.39, 0.29) is 6.10 Å². The van der Waals surface area contributed by atoms with Gasteiger partial charge in [0, 0.05) is 24.3 Å². The van der Waals surface area contributed by atoms with Crippen molar-refractivity contribution in [1.82, 2.24) is 15.1 Å². The van der Waals surface area contributed by atoms with Crippen molar-refractivity contribution in [2.75, 3.05) is 6.61 Å². The number of rotatable bonds is 5. The Labute approximate surface area is 125 Å². The van der Waals surface area contributed by atoms with E-state index in [1.165, 1.54) is 29.5 Å². The van der Waals surface area contributed by atoms with Crippen molar-refractivity contribution >= 4 is 0 Å². The van der Waals surface area contributed by atoms with E-state index in [2.05, 4.69) is 40.9 Å². The largest absolute Gasteiger partial charge is 0.371 e. The molecule has 1 aliphatic carbocycles. The number of nitrogens with one attached hydrogen (secondary N) is 1. The van der Waals surface area contributed by atoms with Crippen LogP contribution in [0.4, 0.5) is 0 Å². The Kier molecular flexibility index (Phi) is 3.49. The van der Waals surface area contributed by atoms with Crippen LogP contribution in [0.5, 0.6) is 0 Å². The molecule has 21 heavy (non-hydrogen) atoms. The molecule has 1 aliphatic heterocycles. The number of fused-ring (bicyclic) bond motifs is 1. The molecule has 2 aliphatic rings. The SMILES string of the molecule is c1ccc2c(c1)CCOC2Cn1cc(CNC2CC2)cn1.